The molecule has 0 radical (unpaired) electrons. The van der Waals surface area contributed by atoms with E-state index in [0.29, 0.717) is 11.5 Å². The van der Waals surface area contributed by atoms with Gasteiger partial charge in [0.05, 0.1) is 24.1 Å². The van der Waals surface area contributed by atoms with Crippen molar-refractivity contribution in [3.05, 3.63) is 53.5 Å². The Kier molecular flexibility index (Phi) is 9.26. The van der Waals surface area contributed by atoms with Crippen LogP contribution in [0, 0.1) is 29.5 Å². The summed E-state index contributed by atoms with van der Waals surface area (Å²) in [6, 6.07) is 5.85. The molecule has 1 aliphatic heterocycles. The van der Waals surface area contributed by atoms with Gasteiger partial charge in [0.15, 0.2) is 0 Å². The molecule has 0 saturated heterocycles. The Hall–Kier alpha value is -3.00. The van der Waals surface area contributed by atoms with Crippen molar-refractivity contribution >= 4 is 15.9 Å². The molecule has 1 aliphatic carbocycles. The molecule has 8 nitrogen and oxygen atoms in total. The molecule has 2 aromatic rings. The highest BCUT2D eigenvalue weighted by Gasteiger charge is 2.36. The second-order valence-electron chi connectivity index (χ2n) is 10.5. The maximum absolute atomic E-state index is 13.6. The average molecular weight is 558 g/mol. The molecule has 10 heteroatoms. The standard InChI is InChI=1S/C29H36FN3O5S/c1-20-17-33(21(2)19-34)29(35)26-15-23(10-9-22-7-5-4-6-8-22)16-31-28(26)38-27(20)18-32(3)39(36,37)25-13-11-24(30)12-14-25/h11-16,20-22,27,34H,4-8,17-19H2,1-3H3/t20-,21+,27-/m1/s1. The zero-order valence-electron chi connectivity index (χ0n) is 22.6. The summed E-state index contributed by atoms with van der Waals surface area (Å²) in [5, 5.41) is 9.87. The molecule has 1 amide bonds. The minimum atomic E-state index is -3.92. The highest BCUT2D eigenvalue weighted by molar-refractivity contribution is 7.89. The van der Waals surface area contributed by atoms with Crippen LogP contribution in [-0.2, 0) is 10.0 Å². The van der Waals surface area contributed by atoms with Crippen molar-refractivity contribution in [2.75, 3.05) is 26.7 Å². The van der Waals surface area contributed by atoms with Gasteiger partial charge in [0.25, 0.3) is 5.91 Å². The number of amides is 1. The number of carbonyl (C=O) groups excluding carboxylic acids is 1. The lowest BCUT2D eigenvalue weighted by atomic mass is 9.90. The number of pyridine rings is 1. The summed E-state index contributed by atoms with van der Waals surface area (Å²) in [5.41, 5.74) is 0.834. The summed E-state index contributed by atoms with van der Waals surface area (Å²) < 4.78 is 47.1. The third kappa shape index (κ3) is 6.78. The predicted molar refractivity (Wildman–Crippen MR) is 145 cm³/mol. The lowest BCUT2D eigenvalue weighted by Gasteiger charge is -2.37. The van der Waals surface area contributed by atoms with E-state index >= 15 is 0 Å². The van der Waals surface area contributed by atoms with Crippen molar-refractivity contribution in [1.29, 1.82) is 0 Å². The highest BCUT2D eigenvalue weighted by Crippen LogP contribution is 2.28. The van der Waals surface area contributed by atoms with Gasteiger partial charge in [0, 0.05) is 37.2 Å². The van der Waals surface area contributed by atoms with Crippen LogP contribution in [0.5, 0.6) is 5.88 Å². The second kappa shape index (κ2) is 12.5. The molecular weight excluding hydrogens is 521 g/mol. The van der Waals surface area contributed by atoms with Crippen molar-refractivity contribution in [1.82, 2.24) is 14.2 Å². The van der Waals surface area contributed by atoms with E-state index in [9.17, 15) is 22.7 Å². The Morgan fingerprint density at radius 3 is 2.59 bits per heavy atom. The lowest BCUT2D eigenvalue weighted by molar-refractivity contribution is 0.0373. The molecule has 210 valence electrons. The maximum atomic E-state index is 13.6. The molecule has 39 heavy (non-hydrogen) atoms. The molecular formula is C29H36FN3O5S. The molecule has 0 bridgehead atoms. The van der Waals surface area contributed by atoms with Crippen molar-refractivity contribution in [3.8, 4) is 17.7 Å². The highest BCUT2D eigenvalue weighted by atomic mass is 32.2. The van der Waals surface area contributed by atoms with E-state index in [1.54, 1.807) is 24.1 Å². The Balaban J connectivity index is 1.64. The van der Waals surface area contributed by atoms with E-state index in [4.69, 9.17) is 4.74 Å². The first-order valence-corrected chi connectivity index (χ1v) is 14.9. The third-order valence-corrected chi connectivity index (χ3v) is 9.34. The molecule has 2 aliphatic rings. The molecule has 2 heterocycles. The first-order chi connectivity index (χ1) is 18.6. The van der Waals surface area contributed by atoms with Gasteiger partial charge in [-0.25, -0.2) is 17.8 Å². The van der Waals surface area contributed by atoms with E-state index < -0.39 is 28.0 Å². The summed E-state index contributed by atoms with van der Waals surface area (Å²) in [6.07, 6.45) is 6.65. The number of benzene rings is 1. The van der Waals surface area contributed by atoms with Crippen LogP contribution >= 0.6 is 0 Å². The quantitative estimate of drug-likeness (QED) is 0.544. The van der Waals surface area contributed by atoms with Crippen LogP contribution in [0.25, 0.3) is 0 Å². The molecule has 0 unspecified atom stereocenters. The number of aliphatic hydroxyl groups excluding tert-OH is 1. The van der Waals surface area contributed by atoms with E-state index in [1.165, 1.54) is 38.4 Å². The molecule has 0 spiro atoms. The second-order valence-corrected chi connectivity index (χ2v) is 12.6. The number of halogens is 1. The number of ether oxygens (including phenoxy) is 1. The fourth-order valence-electron chi connectivity index (χ4n) is 4.96. The number of aromatic nitrogens is 1. The molecule has 1 saturated carbocycles. The number of rotatable bonds is 6. The molecule has 3 atom stereocenters. The monoisotopic (exact) mass is 557 g/mol. The number of fused-ring (bicyclic) bond motifs is 1. The van der Waals surface area contributed by atoms with E-state index in [-0.39, 0.29) is 47.9 Å². The van der Waals surface area contributed by atoms with Gasteiger partial charge in [-0.15, -0.1) is 0 Å². The van der Waals surface area contributed by atoms with Gasteiger partial charge in [-0.3, -0.25) is 4.79 Å². The Morgan fingerprint density at radius 1 is 1.23 bits per heavy atom. The largest absolute Gasteiger partial charge is 0.472 e. The Labute approximate surface area is 230 Å². The van der Waals surface area contributed by atoms with E-state index in [0.717, 1.165) is 29.3 Å². The third-order valence-electron chi connectivity index (χ3n) is 7.51. The fraction of sp³-hybridized carbons (Fsp3) is 0.517. The Bertz CT molecular complexity index is 1330. The summed E-state index contributed by atoms with van der Waals surface area (Å²) in [5.74, 6) is 5.78. The van der Waals surface area contributed by atoms with Crippen LogP contribution in [0.1, 0.15) is 61.9 Å². The topological polar surface area (TPSA) is 100 Å². The number of sulfonamides is 1. The summed E-state index contributed by atoms with van der Waals surface area (Å²) in [4.78, 5) is 19.6. The number of likely N-dealkylation sites (N-methyl/N-ethyl adjacent to an activating group) is 1. The number of nitrogens with zero attached hydrogens (tertiary/aromatic N) is 3. The van der Waals surface area contributed by atoms with Crippen LogP contribution in [-0.4, -0.2) is 72.5 Å². The van der Waals surface area contributed by atoms with Gasteiger partial charge < -0.3 is 14.7 Å². The van der Waals surface area contributed by atoms with Crippen LogP contribution in [0.3, 0.4) is 0 Å². The zero-order valence-corrected chi connectivity index (χ0v) is 23.5. The van der Waals surface area contributed by atoms with Crippen molar-refractivity contribution in [2.24, 2.45) is 11.8 Å². The van der Waals surface area contributed by atoms with Gasteiger partial charge >= 0.3 is 0 Å². The van der Waals surface area contributed by atoms with Gasteiger partial charge in [-0.1, -0.05) is 38.0 Å². The Morgan fingerprint density at radius 2 is 1.92 bits per heavy atom. The molecule has 1 aromatic carbocycles. The number of aliphatic hydroxyl groups is 1. The van der Waals surface area contributed by atoms with Crippen molar-refractivity contribution < 1.29 is 27.4 Å². The molecule has 1 N–H and O–H groups in total. The smallest absolute Gasteiger partial charge is 0.259 e. The summed E-state index contributed by atoms with van der Waals surface area (Å²) in [6.45, 7) is 3.61. The van der Waals surface area contributed by atoms with Gasteiger partial charge in [-0.2, -0.15) is 4.31 Å². The van der Waals surface area contributed by atoms with E-state index in [2.05, 4.69) is 16.8 Å². The van der Waals surface area contributed by atoms with Gasteiger partial charge in [-0.05, 0) is 50.1 Å². The van der Waals surface area contributed by atoms with E-state index in [1.807, 2.05) is 6.92 Å². The van der Waals surface area contributed by atoms with Crippen molar-refractivity contribution in [3.63, 3.8) is 0 Å². The first-order valence-electron chi connectivity index (χ1n) is 13.4. The maximum Gasteiger partial charge on any atom is 0.259 e. The summed E-state index contributed by atoms with van der Waals surface area (Å²) in [7, 11) is -2.48. The van der Waals surface area contributed by atoms with Crippen LogP contribution < -0.4 is 4.74 Å². The average Bonchev–Trinajstić information content (AvgIpc) is 2.94. The fourth-order valence-corrected chi connectivity index (χ4v) is 6.14. The van der Waals surface area contributed by atoms with Gasteiger partial charge in [0.2, 0.25) is 15.9 Å². The number of carbonyl (C=O) groups is 1. The number of hydrogen-bond donors (Lipinski definition) is 1. The van der Waals surface area contributed by atoms with Crippen LogP contribution in [0.4, 0.5) is 4.39 Å². The lowest BCUT2D eigenvalue weighted by Crippen LogP contribution is -2.50. The molecule has 1 aromatic heterocycles. The number of hydrogen-bond acceptors (Lipinski definition) is 6. The molecule has 1 fully saturated rings. The van der Waals surface area contributed by atoms with Gasteiger partial charge in [0.1, 0.15) is 17.5 Å². The molecule has 4 rings (SSSR count). The normalized spacial score (nSPS) is 21.3. The zero-order chi connectivity index (χ0) is 28.2. The van der Waals surface area contributed by atoms with Crippen molar-refractivity contribution in [2.45, 2.75) is 63.0 Å². The van der Waals surface area contributed by atoms with Crippen LogP contribution in [0.2, 0.25) is 0 Å². The SMILES string of the molecule is C[C@@H]1CN([C@@H](C)CO)C(=O)c2cc(C#CC3CCCCC3)cnc2O[C@@H]1CN(C)S(=O)(=O)c1ccc(F)cc1. The summed E-state index contributed by atoms with van der Waals surface area (Å²) >= 11 is 0. The minimum Gasteiger partial charge on any atom is -0.472 e. The van der Waals surface area contributed by atoms with Crippen LogP contribution in [0.15, 0.2) is 41.4 Å². The first kappa shape index (κ1) is 29.0. The minimum absolute atomic E-state index is 0.0270. The predicted octanol–water partition coefficient (Wildman–Crippen LogP) is 3.69.